The van der Waals surface area contributed by atoms with Gasteiger partial charge in [-0.15, -0.1) is 0 Å². The highest BCUT2D eigenvalue weighted by atomic mass is 32.1. The standard InChI is InChI=1S/C16H22N4O3S/c1-4-13(21)17-12-7-5-11(6-8-12)15(23)19-20-16(24)18-14(22)9-10(2)3/h5-8,10H,4,9H2,1-3H3,(H,17,21)(H,19,23)(H2,18,20,22,24). The van der Waals surface area contributed by atoms with Crippen molar-refractivity contribution in [1.29, 1.82) is 0 Å². The van der Waals surface area contributed by atoms with Gasteiger partial charge in [-0.05, 0) is 42.4 Å². The number of amides is 3. The number of hydrogen-bond acceptors (Lipinski definition) is 4. The zero-order valence-corrected chi connectivity index (χ0v) is 14.8. The minimum Gasteiger partial charge on any atom is -0.326 e. The van der Waals surface area contributed by atoms with Gasteiger partial charge >= 0.3 is 0 Å². The topological polar surface area (TPSA) is 99.3 Å². The van der Waals surface area contributed by atoms with Gasteiger partial charge in [-0.3, -0.25) is 25.2 Å². The van der Waals surface area contributed by atoms with Gasteiger partial charge < -0.3 is 10.6 Å². The summed E-state index contributed by atoms with van der Waals surface area (Å²) in [7, 11) is 0. The molecular formula is C16H22N4O3S. The fourth-order valence-corrected chi connectivity index (χ4v) is 1.88. The lowest BCUT2D eigenvalue weighted by Crippen LogP contribution is -2.48. The van der Waals surface area contributed by atoms with E-state index in [2.05, 4.69) is 21.5 Å². The van der Waals surface area contributed by atoms with Crippen molar-refractivity contribution in [2.75, 3.05) is 5.32 Å². The second-order valence-corrected chi connectivity index (χ2v) is 5.94. The number of hydrogen-bond donors (Lipinski definition) is 4. The van der Waals surface area contributed by atoms with E-state index in [9.17, 15) is 14.4 Å². The van der Waals surface area contributed by atoms with Gasteiger partial charge in [0.15, 0.2) is 5.11 Å². The third-order valence-corrected chi connectivity index (χ3v) is 3.09. The molecule has 0 spiro atoms. The molecule has 0 aliphatic rings. The van der Waals surface area contributed by atoms with E-state index >= 15 is 0 Å². The molecule has 0 aromatic heterocycles. The predicted octanol–water partition coefficient (Wildman–Crippen LogP) is 1.72. The molecule has 1 aromatic carbocycles. The summed E-state index contributed by atoms with van der Waals surface area (Å²) in [6.45, 7) is 5.60. The van der Waals surface area contributed by atoms with Crippen LogP contribution in [0.25, 0.3) is 0 Å². The highest BCUT2D eigenvalue weighted by Crippen LogP contribution is 2.09. The summed E-state index contributed by atoms with van der Waals surface area (Å²) in [5.41, 5.74) is 5.86. The average molecular weight is 350 g/mol. The van der Waals surface area contributed by atoms with Crippen LogP contribution in [0.5, 0.6) is 0 Å². The van der Waals surface area contributed by atoms with E-state index in [-0.39, 0.29) is 22.8 Å². The Kier molecular flexibility index (Phi) is 7.84. The van der Waals surface area contributed by atoms with Gasteiger partial charge in [-0.25, -0.2) is 0 Å². The molecule has 0 unspecified atom stereocenters. The lowest BCUT2D eigenvalue weighted by molar-refractivity contribution is -0.120. The zero-order valence-electron chi connectivity index (χ0n) is 13.9. The van der Waals surface area contributed by atoms with Crippen LogP contribution in [0, 0.1) is 5.92 Å². The number of nitrogens with one attached hydrogen (secondary N) is 4. The average Bonchev–Trinajstić information content (AvgIpc) is 2.52. The van der Waals surface area contributed by atoms with E-state index in [1.807, 2.05) is 13.8 Å². The number of anilines is 1. The minimum absolute atomic E-state index is 0.0285. The smallest absolute Gasteiger partial charge is 0.269 e. The van der Waals surface area contributed by atoms with Crippen molar-refractivity contribution in [3.8, 4) is 0 Å². The van der Waals surface area contributed by atoms with E-state index in [0.717, 1.165) is 0 Å². The Bertz CT molecular complexity index is 614. The number of thiocarbonyl (C=S) groups is 1. The van der Waals surface area contributed by atoms with Crippen LogP contribution in [0.4, 0.5) is 5.69 Å². The Morgan fingerprint density at radius 1 is 1.04 bits per heavy atom. The molecule has 0 aliphatic heterocycles. The molecule has 0 aliphatic carbocycles. The van der Waals surface area contributed by atoms with Crippen LogP contribution in [-0.4, -0.2) is 22.8 Å². The fraction of sp³-hybridized carbons (Fsp3) is 0.375. The zero-order chi connectivity index (χ0) is 18.1. The summed E-state index contributed by atoms with van der Waals surface area (Å²) in [6, 6.07) is 6.40. The summed E-state index contributed by atoms with van der Waals surface area (Å²) in [5, 5.41) is 5.19. The number of hydrazine groups is 1. The van der Waals surface area contributed by atoms with Gasteiger partial charge in [0.2, 0.25) is 11.8 Å². The molecule has 0 bridgehead atoms. The van der Waals surface area contributed by atoms with Crippen LogP contribution in [0.15, 0.2) is 24.3 Å². The summed E-state index contributed by atoms with van der Waals surface area (Å²) in [4.78, 5) is 34.8. The Hall–Kier alpha value is -2.48. The maximum atomic E-state index is 12.0. The van der Waals surface area contributed by atoms with Crippen molar-refractivity contribution >= 4 is 40.7 Å². The number of carbonyl (C=O) groups is 3. The molecule has 24 heavy (non-hydrogen) atoms. The van der Waals surface area contributed by atoms with Gasteiger partial charge in [0.1, 0.15) is 0 Å². The lowest BCUT2D eigenvalue weighted by Gasteiger charge is -2.12. The highest BCUT2D eigenvalue weighted by Gasteiger charge is 2.09. The molecule has 130 valence electrons. The third-order valence-electron chi connectivity index (χ3n) is 2.89. The first kappa shape index (κ1) is 19.6. The van der Waals surface area contributed by atoms with E-state index < -0.39 is 5.91 Å². The van der Waals surface area contributed by atoms with Crippen LogP contribution in [-0.2, 0) is 9.59 Å². The van der Waals surface area contributed by atoms with Gasteiger partial charge in [0.25, 0.3) is 5.91 Å². The molecule has 0 saturated heterocycles. The molecule has 1 rings (SSSR count). The normalized spacial score (nSPS) is 10.0. The van der Waals surface area contributed by atoms with Gasteiger partial charge in [0.05, 0.1) is 0 Å². The summed E-state index contributed by atoms with van der Waals surface area (Å²) in [6.07, 6.45) is 0.729. The quantitative estimate of drug-likeness (QED) is 0.479. The van der Waals surface area contributed by atoms with Crippen molar-refractivity contribution in [3.05, 3.63) is 29.8 Å². The Balaban J connectivity index is 2.46. The maximum Gasteiger partial charge on any atom is 0.269 e. The lowest BCUT2D eigenvalue weighted by atomic mass is 10.1. The van der Waals surface area contributed by atoms with Crippen molar-refractivity contribution in [2.24, 2.45) is 5.92 Å². The summed E-state index contributed by atoms with van der Waals surface area (Å²) >= 11 is 4.93. The molecule has 1 aromatic rings. The van der Waals surface area contributed by atoms with E-state index in [0.29, 0.717) is 24.1 Å². The molecule has 0 saturated carbocycles. The van der Waals surface area contributed by atoms with Crippen LogP contribution >= 0.6 is 12.2 Å². The fourth-order valence-electron chi connectivity index (χ4n) is 1.72. The first-order chi connectivity index (χ1) is 11.3. The summed E-state index contributed by atoms with van der Waals surface area (Å²) in [5.74, 6) is -0.512. The molecule has 0 atom stereocenters. The maximum absolute atomic E-state index is 12.0. The van der Waals surface area contributed by atoms with Gasteiger partial charge in [-0.1, -0.05) is 20.8 Å². The van der Waals surface area contributed by atoms with E-state index in [1.165, 1.54) is 0 Å². The van der Waals surface area contributed by atoms with Crippen molar-refractivity contribution in [2.45, 2.75) is 33.6 Å². The van der Waals surface area contributed by atoms with E-state index in [1.54, 1.807) is 31.2 Å². The molecule has 0 fully saturated rings. The number of carbonyl (C=O) groups excluding carboxylic acids is 3. The SMILES string of the molecule is CCC(=O)Nc1ccc(C(=O)NNC(=S)NC(=O)CC(C)C)cc1. The first-order valence-electron chi connectivity index (χ1n) is 7.62. The van der Waals surface area contributed by atoms with Crippen molar-refractivity contribution < 1.29 is 14.4 Å². The largest absolute Gasteiger partial charge is 0.326 e. The molecule has 0 radical (unpaired) electrons. The third kappa shape index (κ3) is 7.19. The molecule has 4 N–H and O–H groups in total. The second-order valence-electron chi connectivity index (χ2n) is 5.53. The molecule has 8 heteroatoms. The van der Waals surface area contributed by atoms with Crippen molar-refractivity contribution in [3.63, 3.8) is 0 Å². The van der Waals surface area contributed by atoms with Gasteiger partial charge in [-0.2, -0.15) is 0 Å². The monoisotopic (exact) mass is 350 g/mol. The summed E-state index contributed by atoms with van der Waals surface area (Å²) < 4.78 is 0. The highest BCUT2D eigenvalue weighted by molar-refractivity contribution is 7.80. The number of benzene rings is 1. The van der Waals surface area contributed by atoms with Crippen molar-refractivity contribution in [1.82, 2.24) is 16.2 Å². The van der Waals surface area contributed by atoms with Gasteiger partial charge in [0, 0.05) is 24.1 Å². The Morgan fingerprint density at radius 2 is 1.67 bits per heavy atom. The predicted molar refractivity (Wildman–Crippen MR) is 96.2 cm³/mol. The second kappa shape index (κ2) is 9.61. The molecule has 0 heterocycles. The number of rotatable bonds is 5. The molecule has 7 nitrogen and oxygen atoms in total. The molecular weight excluding hydrogens is 328 g/mol. The minimum atomic E-state index is -0.413. The molecule has 3 amide bonds. The van der Waals surface area contributed by atoms with E-state index in [4.69, 9.17) is 12.2 Å². The Labute approximate surface area is 146 Å². The van der Waals surface area contributed by atoms with Crippen LogP contribution in [0.1, 0.15) is 44.0 Å². The first-order valence-corrected chi connectivity index (χ1v) is 8.02. The van der Waals surface area contributed by atoms with Crippen LogP contribution in [0.3, 0.4) is 0 Å². The van der Waals surface area contributed by atoms with Crippen LogP contribution < -0.4 is 21.5 Å². The Morgan fingerprint density at radius 3 is 2.21 bits per heavy atom. The van der Waals surface area contributed by atoms with Crippen LogP contribution in [0.2, 0.25) is 0 Å².